The summed E-state index contributed by atoms with van der Waals surface area (Å²) >= 11 is 0. The van der Waals surface area contributed by atoms with Crippen LogP contribution in [0.15, 0.2) is 48.5 Å². The lowest BCUT2D eigenvalue weighted by Gasteiger charge is -2.59. The van der Waals surface area contributed by atoms with E-state index in [0.29, 0.717) is 5.41 Å². The first-order chi connectivity index (χ1) is 12.3. The molecule has 0 radical (unpaired) electrons. The molecule has 0 spiro atoms. The van der Waals surface area contributed by atoms with Crippen LogP contribution in [0, 0.1) is 12.8 Å². The van der Waals surface area contributed by atoms with Gasteiger partial charge in [-0.25, -0.2) is 0 Å². The number of benzene rings is 2. The predicted molar refractivity (Wildman–Crippen MR) is 104 cm³/mol. The Balaban J connectivity index is 1.54. The van der Waals surface area contributed by atoms with Crippen molar-refractivity contribution in [1.29, 1.82) is 0 Å². The topological polar surface area (TPSA) is 3.24 Å². The Morgan fingerprint density at radius 2 is 1.92 bits per heavy atom. The average Bonchev–Trinajstić information content (AvgIpc) is 2.65. The smallest absolute Gasteiger partial charge is 0.0236 e. The number of aryl methyl sites for hydroxylation is 1. The van der Waals surface area contributed by atoms with Crippen molar-refractivity contribution in [2.24, 2.45) is 5.92 Å². The van der Waals surface area contributed by atoms with Crippen molar-refractivity contribution in [3.63, 3.8) is 0 Å². The number of piperidine rings is 1. The molecule has 2 aromatic rings. The molecular weight excluding hydrogens is 302 g/mol. The highest BCUT2D eigenvalue weighted by Crippen LogP contribution is 2.56. The minimum Gasteiger partial charge on any atom is -0.295 e. The van der Waals surface area contributed by atoms with Crippen molar-refractivity contribution < 1.29 is 0 Å². The van der Waals surface area contributed by atoms with Crippen molar-refractivity contribution >= 4 is 0 Å². The molecule has 0 aromatic heterocycles. The number of likely N-dealkylation sites (tertiary alicyclic amines) is 1. The van der Waals surface area contributed by atoms with Crippen LogP contribution in [0.1, 0.15) is 54.4 Å². The Hall–Kier alpha value is -1.60. The van der Waals surface area contributed by atoms with Gasteiger partial charge in [-0.05, 0) is 61.8 Å². The number of fused-ring (bicyclic) bond motifs is 1. The molecule has 2 aromatic carbocycles. The predicted octanol–water partition coefficient (Wildman–Crippen LogP) is 5.25. The molecule has 1 aliphatic heterocycles. The summed E-state index contributed by atoms with van der Waals surface area (Å²) < 4.78 is 0. The van der Waals surface area contributed by atoms with Gasteiger partial charge in [-0.15, -0.1) is 0 Å². The molecule has 2 aliphatic carbocycles. The third-order valence-corrected chi connectivity index (χ3v) is 7.34. The van der Waals surface area contributed by atoms with Gasteiger partial charge in [-0.2, -0.15) is 0 Å². The number of rotatable bonds is 2. The van der Waals surface area contributed by atoms with E-state index in [-0.39, 0.29) is 0 Å². The second kappa shape index (κ2) is 5.99. The highest BCUT2D eigenvalue weighted by Gasteiger charge is 2.53. The van der Waals surface area contributed by atoms with Crippen LogP contribution in [0.4, 0.5) is 0 Å². The van der Waals surface area contributed by atoms with Crippen molar-refractivity contribution in [2.45, 2.75) is 63.5 Å². The molecule has 3 unspecified atom stereocenters. The lowest BCUT2D eigenvalue weighted by Crippen LogP contribution is -2.60. The Kier molecular flexibility index (Phi) is 3.74. The van der Waals surface area contributed by atoms with E-state index < -0.39 is 0 Å². The molecule has 0 amide bonds. The van der Waals surface area contributed by atoms with Crippen LogP contribution in [0.2, 0.25) is 0 Å². The Morgan fingerprint density at radius 1 is 1.04 bits per heavy atom. The molecule has 2 fully saturated rings. The lowest BCUT2D eigenvalue weighted by atomic mass is 9.52. The van der Waals surface area contributed by atoms with Crippen molar-refractivity contribution in [1.82, 2.24) is 4.90 Å². The Morgan fingerprint density at radius 3 is 2.80 bits per heavy atom. The van der Waals surface area contributed by atoms with Gasteiger partial charge < -0.3 is 0 Å². The Labute approximate surface area is 152 Å². The molecule has 2 bridgehead atoms. The normalized spacial score (nSPS) is 31.2. The first kappa shape index (κ1) is 15.6. The quantitative estimate of drug-likeness (QED) is 0.726. The zero-order valence-electron chi connectivity index (χ0n) is 15.4. The van der Waals surface area contributed by atoms with Gasteiger partial charge >= 0.3 is 0 Å². The van der Waals surface area contributed by atoms with Crippen molar-refractivity contribution in [3.05, 3.63) is 70.8 Å². The molecule has 1 nitrogen and oxygen atoms in total. The van der Waals surface area contributed by atoms with E-state index in [1.165, 1.54) is 56.2 Å². The van der Waals surface area contributed by atoms with Gasteiger partial charge in [0, 0.05) is 18.0 Å². The molecule has 3 aliphatic rings. The van der Waals surface area contributed by atoms with Crippen LogP contribution in [0.5, 0.6) is 0 Å². The zero-order valence-corrected chi connectivity index (χ0v) is 15.4. The van der Waals surface area contributed by atoms with E-state index in [2.05, 4.69) is 60.4 Å². The molecule has 3 atom stereocenters. The molecule has 1 heterocycles. The SMILES string of the molecule is Cc1ccc2c(c1)C13CCCCC1C(C2)N(Cc1ccccc1)CC3. The fourth-order valence-corrected chi connectivity index (χ4v) is 6.21. The summed E-state index contributed by atoms with van der Waals surface area (Å²) in [4.78, 5) is 2.81. The largest absolute Gasteiger partial charge is 0.295 e. The molecule has 1 saturated heterocycles. The van der Waals surface area contributed by atoms with Gasteiger partial charge in [0.1, 0.15) is 0 Å². The average molecular weight is 332 g/mol. The van der Waals surface area contributed by atoms with Gasteiger partial charge in [-0.3, -0.25) is 4.90 Å². The van der Waals surface area contributed by atoms with Gasteiger partial charge in [0.05, 0.1) is 0 Å². The second-order valence-electron chi connectivity index (χ2n) is 8.65. The molecule has 5 rings (SSSR count). The van der Waals surface area contributed by atoms with Crippen molar-refractivity contribution in [3.8, 4) is 0 Å². The summed E-state index contributed by atoms with van der Waals surface area (Å²) in [5.74, 6) is 0.869. The fourth-order valence-electron chi connectivity index (χ4n) is 6.21. The van der Waals surface area contributed by atoms with Crippen LogP contribution in [0.3, 0.4) is 0 Å². The summed E-state index contributed by atoms with van der Waals surface area (Å²) in [5, 5.41) is 0. The fraction of sp³-hybridized carbons (Fsp3) is 0.500. The number of nitrogens with zero attached hydrogens (tertiary/aromatic N) is 1. The van der Waals surface area contributed by atoms with Crippen LogP contribution in [0.25, 0.3) is 0 Å². The highest BCUT2D eigenvalue weighted by molar-refractivity contribution is 5.43. The minimum atomic E-state index is 0.482. The first-order valence-corrected chi connectivity index (χ1v) is 10.1. The third-order valence-electron chi connectivity index (χ3n) is 7.34. The van der Waals surface area contributed by atoms with E-state index in [1.807, 2.05) is 0 Å². The van der Waals surface area contributed by atoms with E-state index >= 15 is 0 Å². The highest BCUT2D eigenvalue weighted by atomic mass is 15.2. The van der Waals surface area contributed by atoms with E-state index in [4.69, 9.17) is 0 Å². The molecule has 0 N–H and O–H groups in total. The standard InChI is InChI=1S/C24H29N/c1-18-10-11-20-16-23-21-9-5-6-12-24(21,22(20)15-18)13-14-25(23)17-19-7-3-2-4-8-19/h2-4,7-8,10-11,15,21,23H,5-6,9,12-14,16-17H2,1H3. The molecule has 130 valence electrons. The summed E-state index contributed by atoms with van der Waals surface area (Å²) in [6.45, 7) is 4.66. The van der Waals surface area contributed by atoms with E-state index in [1.54, 1.807) is 11.1 Å². The van der Waals surface area contributed by atoms with E-state index in [0.717, 1.165) is 18.5 Å². The van der Waals surface area contributed by atoms with Gasteiger partial charge in [-0.1, -0.05) is 66.9 Å². The monoisotopic (exact) mass is 331 g/mol. The molecule has 25 heavy (non-hydrogen) atoms. The minimum absolute atomic E-state index is 0.482. The first-order valence-electron chi connectivity index (χ1n) is 10.1. The van der Waals surface area contributed by atoms with Gasteiger partial charge in [0.25, 0.3) is 0 Å². The maximum Gasteiger partial charge on any atom is 0.0236 e. The van der Waals surface area contributed by atoms with Gasteiger partial charge in [0.2, 0.25) is 0 Å². The third kappa shape index (κ3) is 2.47. The van der Waals surface area contributed by atoms with Crippen LogP contribution < -0.4 is 0 Å². The molecular formula is C24H29N. The van der Waals surface area contributed by atoms with Crippen LogP contribution in [-0.4, -0.2) is 17.5 Å². The maximum absolute atomic E-state index is 2.81. The second-order valence-corrected chi connectivity index (χ2v) is 8.65. The number of hydrogen-bond donors (Lipinski definition) is 0. The summed E-state index contributed by atoms with van der Waals surface area (Å²) in [5.41, 5.74) is 6.78. The Bertz CT molecular complexity index is 765. The summed E-state index contributed by atoms with van der Waals surface area (Å²) in [6, 6.07) is 19.1. The lowest BCUT2D eigenvalue weighted by molar-refractivity contribution is -0.0156. The summed E-state index contributed by atoms with van der Waals surface area (Å²) in [6.07, 6.45) is 8.33. The van der Waals surface area contributed by atoms with Crippen molar-refractivity contribution in [2.75, 3.05) is 6.54 Å². The van der Waals surface area contributed by atoms with Crippen LogP contribution >= 0.6 is 0 Å². The molecule has 1 saturated carbocycles. The zero-order chi connectivity index (χ0) is 16.9. The van der Waals surface area contributed by atoms with Crippen LogP contribution in [-0.2, 0) is 18.4 Å². The van der Waals surface area contributed by atoms with Gasteiger partial charge in [0.15, 0.2) is 0 Å². The maximum atomic E-state index is 2.81. The molecule has 1 heteroatoms. The summed E-state index contributed by atoms with van der Waals surface area (Å²) in [7, 11) is 0. The van der Waals surface area contributed by atoms with E-state index in [9.17, 15) is 0 Å². The number of hydrogen-bond acceptors (Lipinski definition) is 1.